The number of ether oxygens (including phenoxy) is 1. The largest absolute Gasteiger partial charge is 0.385 e. The highest BCUT2D eigenvalue weighted by Crippen LogP contribution is 2.29. The lowest BCUT2D eigenvalue weighted by molar-refractivity contribution is -0.142. The molecule has 216 valence electrons. The first-order valence-electron chi connectivity index (χ1n) is 13.7. The number of aldehydes is 1. The number of carbonyl (C=O) groups excluding carboxylic acids is 4. The molecule has 41 heavy (non-hydrogen) atoms. The summed E-state index contributed by atoms with van der Waals surface area (Å²) in [6.45, 7) is 3.13. The number of aromatic nitrogens is 2. The zero-order valence-corrected chi connectivity index (χ0v) is 23.7. The zero-order chi connectivity index (χ0) is 29.5. The minimum absolute atomic E-state index is 0.129. The number of likely N-dealkylation sites (N-methyl/N-ethyl adjacent to an activating group) is 1. The summed E-state index contributed by atoms with van der Waals surface area (Å²) in [5.41, 5.74) is 2.74. The molecule has 0 saturated carbocycles. The predicted octanol–water partition coefficient (Wildman–Crippen LogP) is 2.69. The number of hydrogen-bond donors (Lipinski definition) is 1. The van der Waals surface area contributed by atoms with Crippen LogP contribution in [0.25, 0.3) is 0 Å². The number of pyridine rings is 2. The number of methoxy groups -OCH3 is 1. The number of amides is 4. The molecule has 0 aromatic carbocycles. The fourth-order valence-corrected chi connectivity index (χ4v) is 5.43. The number of nitrogens with zero attached hydrogens (tertiary/aromatic N) is 6. The van der Waals surface area contributed by atoms with E-state index in [9.17, 15) is 24.4 Å². The maximum absolute atomic E-state index is 13.3. The minimum Gasteiger partial charge on any atom is -0.385 e. The average molecular weight is 562 g/mol. The second-order valence-electron chi connectivity index (χ2n) is 10.3. The van der Waals surface area contributed by atoms with Crippen molar-refractivity contribution in [3.63, 3.8) is 0 Å². The molecule has 4 heterocycles. The molecule has 12 heteroatoms. The number of anilines is 2. The standard InChI is InChI=1S/C29H35N7O5/c1-19(38)35-10-5-9-25(35)28(39)34(2)17-22-13-21-7-4-11-36(27(21)32-24(22)18-37)29(40)33-26-14-20(8-6-12-41-3)23(15-30)16-31-26/h13-14,16,18,25H,4-12,17H2,1-3H3,(H,31,33,40)/t25-/m0/s1. The van der Waals surface area contributed by atoms with Crippen LogP contribution >= 0.6 is 0 Å². The molecular formula is C29H35N7O5. The SMILES string of the molecule is COCCCc1cc(NC(=O)N2CCCc3cc(CN(C)C(=O)[C@@H]4CCCN4C(C)=O)c(C=O)nc32)ncc1C#N. The molecule has 2 aromatic rings. The van der Waals surface area contributed by atoms with Crippen LogP contribution < -0.4 is 10.2 Å². The van der Waals surface area contributed by atoms with E-state index >= 15 is 0 Å². The second kappa shape index (κ2) is 13.3. The molecular weight excluding hydrogens is 526 g/mol. The second-order valence-corrected chi connectivity index (χ2v) is 10.3. The third-order valence-electron chi connectivity index (χ3n) is 7.50. The van der Waals surface area contributed by atoms with Crippen molar-refractivity contribution in [1.29, 1.82) is 5.26 Å². The molecule has 4 amide bonds. The molecule has 0 aliphatic carbocycles. The monoisotopic (exact) mass is 561 g/mol. The highest BCUT2D eigenvalue weighted by atomic mass is 16.5. The van der Waals surface area contributed by atoms with Crippen molar-refractivity contribution in [2.24, 2.45) is 0 Å². The van der Waals surface area contributed by atoms with E-state index in [4.69, 9.17) is 4.74 Å². The number of nitrogens with one attached hydrogen (secondary N) is 1. The molecule has 2 aliphatic heterocycles. The molecule has 0 unspecified atom stereocenters. The van der Waals surface area contributed by atoms with Gasteiger partial charge in [0.15, 0.2) is 6.29 Å². The Morgan fingerprint density at radius 3 is 2.76 bits per heavy atom. The average Bonchev–Trinajstić information content (AvgIpc) is 3.47. The number of aryl methyl sites for hydroxylation is 2. The summed E-state index contributed by atoms with van der Waals surface area (Å²) >= 11 is 0. The van der Waals surface area contributed by atoms with Crippen LogP contribution in [0, 0.1) is 11.3 Å². The van der Waals surface area contributed by atoms with Gasteiger partial charge in [0.05, 0.1) is 5.56 Å². The van der Waals surface area contributed by atoms with Crippen LogP contribution in [0.4, 0.5) is 16.4 Å². The van der Waals surface area contributed by atoms with Gasteiger partial charge in [0.1, 0.15) is 29.4 Å². The van der Waals surface area contributed by atoms with Gasteiger partial charge in [0, 0.05) is 59.1 Å². The molecule has 1 N–H and O–H groups in total. The minimum atomic E-state index is -0.502. The Morgan fingerprint density at radius 2 is 2.05 bits per heavy atom. The quantitative estimate of drug-likeness (QED) is 0.363. The van der Waals surface area contributed by atoms with Crippen molar-refractivity contribution >= 4 is 35.8 Å². The van der Waals surface area contributed by atoms with Crippen LogP contribution in [0.3, 0.4) is 0 Å². The van der Waals surface area contributed by atoms with Crippen LogP contribution in [-0.4, -0.2) is 83.8 Å². The number of rotatable bonds is 9. The van der Waals surface area contributed by atoms with E-state index < -0.39 is 12.1 Å². The predicted molar refractivity (Wildman–Crippen MR) is 150 cm³/mol. The summed E-state index contributed by atoms with van der Waals surface area (Å²) in [7, 11) is 3.27. The molecule has 12 nitrogen and oxygen atoms in total. The summed E-state index contributed by atoms with van der Waals surface area (Å²) in [5, 5.41) is 12.2. The lowest BCUT2D eigenvalue weighted by atomic mass is 10.0. The van der Waals surface area contributed by atoms with E-state index in [1.807, 2.05) is 6.07 Å². The van der Waals surface area contributed by atoms with E-state index in [1.165, 1.54) is 22.9 Å². The highest BCUT2D eigenvalue weighted by molar-refractivity contribution is 6.01. The Labute approximate surface area is 239 Å². The summed E-state index contributed by atoms with van der Waals surface area (Å²) in [5.74, 6) is 0.397. The van der Waals surface area contributed by atoms with Gasteiger partial charge in [-0.3, -0.25) is 24.6 Å². The smallest absolute Gasteiger partial charge is 0.328 e. The molecule has 1 atom stereocenters. The van der Waals surface area contributed by atoms with Crippen LogP contribution in [0.5, 0.6) is 0 Å². The summed E-state index contributed by atoms with van der Waals surface area (Å²) < 4.78 is 5.10. The number of fused-ring (bicyclic) bond motifs is 1. The first kappa shape index (κ1) is 29.6. The number of nitriles is 1. The van der Waals surface area contributed by atoms with Gasteiger partial charge in [-0.15, -0.1) is 0 Å². The van der Waals surface area contributed by atoms with Gasteiger partial charge in [-0.1, -0.05) is 0 Å². The summed E-state index contributed by atoms with van der Waals surface area (Å²) in [4.78, 5) is 63.8. The van der Waals surface area contributed by atoms with Crippen LogP contribution in [0.15, 0.2) is 18.3 Å². The van der Waals surface area contributed by atoms with Gasteiger partial charge >= 0.3 is 6.03 Å². The molecule has 0 bridgehead atoms. The number of likely N-dealkylation sites (tertiary alicyclic amines) is 1. The van der Waals surface area contributed by atoms with E-state index in [2.05, 4.69) is 21.4 Å². The van der Waals surface area contributed by atoms with E-state index in [-0.39, 0.29) is 24.1 Å². The molecule has 1 fully saturated rings. The van der Waals surface area contributed by atoms with E-state index in [0.29, 0.717) is 74.4 Å². The fraction of sp³-hybridized carbons (Fsp3) is 0.483. The van der Waals surface area contributed by atoms with Crippen molar-refractivity contribution in [2.45, 2.75) is 58.0 Å². The first-order valence-corrected chi connectivity index (χ1v) is 13.7. The van der Waals surface area contributed by atoms with Crippen molar-refractivity contribution in [3.8, 4) is 6.07 Å². The van der Waals surface area contributed by atoms with Gasteiger partial charge < -0.3 is 14.5 Å². The maximum Gasteiger partial charge on any atom is 0.328 e. The third kappa shape index (κ3) is 6.69. The Bertz CT molecular complexity index is 1370. The van der Waals surface area contributed by atoms with Crippen molar-refractivity contribution < 1.29 is 23.9 Å². The Balaban J connectivity index is 1.51. The molecule has 4 rings (SSSR count). The summed E-state index contributed by atoms with van der Waals surface area (Å²) in [6.07, 6.45) is 6.13. The van der Waals surface area contributed by atoms with Crippen molar-refractivity contribution in [1.82, 2.24) is 19.8 Å². The number of carbonyl (C=O) groups is 4. The maximum atomic E-state index is 13.3. The highest BCUT2D eigenvalue weighted by Gasteiger charge is 2.34. The first-order chi connectivity index (χ1) is 19.8. The van der Waals surface area contributed by atoms with Gasteiger partial charge in [-0.25, -0.2) is 14.8 Å². The zero-order valence-electron chi connectivity index (χ0n) is 23.7. The van der Waals surface area contributed by atoms with Gasteiger partial charge in [-0.2, -0.15) is 5.26 Å². The van der Waals surface area contributed by atoms with Gasteiger partial charge in [0.2, 0.25) is 11.8 Å². The lowest BCUT2D eigenvalue weighted by Crippen LogP contribution is -2.45. The molecule has 0 spiro atoms. The van der Waals surface area contributed by atoms with Gasteiger partial charge in [-0.05, 0) is 61.8 Å². The molecule has 2 aliphatic rings. The van der Waals surface area contributed by atoms with Crippen molar-refractivity contribution in [2.75, 3.05) is 44.1 Å². The van der Waals surface area contributed by atoms with Crippen LogP contribution in [0.1, 0.15) is 65.3 Å². The fourth-order valence-electron chi connectivity index (χ4n) is 5.43. The number of urea groups is 1. The molecule has 0 radical (unpaired) electrons. The lowest BCUT2D eigenvalue weighted by Gasteiger charge is -2.30. The normalized spacial score (nSPS) is 16.1. The Kier molecular flexibility index (Phi) is 9.62. The summed E-state index contributed by atoms with van der Waals surface area (Å²) in [6, 6.07) is 4.71. The number of hydrogen-bond acceptors (Lipinski definition) is 8. The van der Waals surface area contributed by atoms with E-state index in [0.717, 1.165) is 24.0 Å². The molecule has 2 aromatic heterocycles. The van der Waals surface area contributed by atoms with Crippen LogP contribution in [0.2, 0.25) is 0 Å². The Morgan fingerprint density at radius 1 is 1.24 bits per heavy atom. The van der Waals surface area contributed by atoms with Crippen molar-refractivity contribution in [3.05, 3.63) is 46.3 Å². The van der Waals surface area contributed by atoms with Gasteiger partial charge in [0.25, 0.3) is 0 Å². The third-order valence-corrected chi connectivity index (χ3v) is 7.50. The van der Waals surface area contributed by atoms with Crippen LogP contribution in [-0.2, 0) is 33.7 Å². The molecule has 1 saturated heterocycles. The topological polar surface area (TPSA) is 149 Å². The van der Waals surface area contributed by atoms with E-state index in [1.54, 1.807) is 25.1 Å². The Hall–Kier alpha value is -4.37.